The summed E-state index contributed by atoms with van der Waals surface area (Å²) in [5.41, 5.74) is 3.28. The van der Waals surface area contributed by atoms with Crippen LogP contribution in [-0.4, -0.2) is 57.1 Å². The van der Waals surface area contributed by atoms with Crippen LogP contribution in [0.25, 0.3) is 0 Å². The van der Waals surface area contributed by atoms with E-state index in [4.69, 9.17) is 0 Å². The van der Waals surface area contributed by atoms with E-state index < -0.39 is 22.0 Å². The number of hydrogen-bond donors (Lipinski definition) is 1. The Morgan fingerprint density at radius 2 is 1.65 bits per heavy atom. The average Bonchev–Trinajstić information content (AvgIpc) is 2.76. The zero-order valence-electron chi connectivity index (χ0n) is 20.9. The van der Waals surface area contributed by atoms with Crippen LogP contribution >= 0.6 is 0 Å². The first kappa shape index (κ1) is 27.4. The van der Waals surface area contributed by atoms with Gasteiger partial charge in [-0.15, -0.1) is 0 Å². The van der Waals surface area contributed by atoms with E-state index in [1.807, 2.05) is 57.2 Å². The fourth-order valence-electron chi connectivity index (χ4n) is 3.81. The Morgan fingerprint density at radius 1 is 1.03 bits per heavy atom. The molecule has 0 fully saturated rings. The lowest BCUT2D eigenvalue weighted by molar-refractivity contribution is -0.138. The first-order chi connectivity index (χ1) is 16.0. The van der Waals surface area contributed by atoms with Crippen molar-refractivity contribution in [2.24, 2.45) is 0 Å². The Labute approximate surface area is 204 Å². The van der Waals surface area contributed by atoms with Crippen molar-refractivity contribution in [2.75, 3.05) is 30.2 Å². The van der Waals surface area contributed by atoms with Crippen molar-refractivity contribution in [1.29, 1.82) is 0 Å². The number of anilines is 1. The maximum atomic E-state index is 13.5. The van der Waals surface area contributed by atoms with Gasteiger partial charge in [0.2, 0.25) is 21.8 Å². The smallest absolute Gasteiger partial charge is 0.244 e. The average molecular weight is 488 g/mol. The zero-order chi connectivity index (χ0) is 25.3. The minimum Gasteiger partial charge on any atom is -0.354 e. The van der Waals surface area contributed by atoms with Gasteiger partial charge >= 0.3 is 0 Å². The number of aryl methyl sites for hydroxylation is 2. The number of hydrogen-bond acceptors (Lipinski definition) is 4. The van der Waals surface area contributed by atoms with Crippen LogP contribution in [-0.2, 0) is 26.0 Å². The van der Waals surface area contributed by atoms with Crippen LogP contribution in [0.5, 0.6) is 0 Å². The summed E-state index contributed by atoms with van der Waals surface area (Å²) in [7, 11) is -3.73. The molecule has 7 nitrogen and oxygen atoms in total. The second-order valence-electron chi connectivity index (χ2n) is 8.76. The second kappa shape index (κ2) is 12.6. The number of nitrogens with zero attached hydrogens (tertiary/aromatic N) is 2. The molecule has 2 aromatic carbocycles. The van der Waals surface area contributed by atoms with Gasteiger partial charge in [0.15, 0.2) is 0 Å². The van der Waals surface area contributed by atoms with Crippen molar-refractivity contribution < 1.29 is 18.0 Å². The SMILES string of the molecule is CCCCNC(=O)C(C)N(CCc1ccccc1)C(=O)CN(c1cc(C)cc(C)c1)S(C)(=O)=O. The van der Waals surface area contributed by atoms with E-state index in [9.17, 15) is 18.0 Å². The maximum absolute atomic E-state index is 13.5. The Morgan fingerprint density at radius 3 is 2.21 bits per heavy atom. The summed E-state index contributed by atoms with van der Waals surface area (Å²) in [5.74, 6) is -0.661. The monoisotopic (exact) mass is 487 g/mol. The van der Waals surface area contributed by atoms with Gasteiger partial charge in [-0.1, -0.05) is 49.7 Å². The normalized spacial score (nSPS) is 12.1. The van der Waals surface area contributed by atoms with E-state index in [2.05, 4.69) is 5.32 Å². The lowest BCUT2D eigenvalue weighted by Gasteiger charge is -2.31. The van der Waals surface area contributed by atoms with Crippen molar-refractivity contribution in [3.63, 3.8) is 0 Å². The van der Waals surface area contributed by atoms with Crippen molar-refractivity contribution in [1.82, 2.24) is 10.2 Å². The van der Waals surface area contributed by atoms with E-state index in [-0.39, 0.29) is 12.5 Å². The van der Waals surface area contributed by atoms with Gasteiger partial charge in [-0.3, -0.25) is 13.9 Å². The quantitative estimate of drug-likeness (QED) is 0.465. The van der Waals surface area contributed by atoms with Crippen LogP contribution < -0.4 is 9.62 Å². The summed E-state index contributed by atoms with van der Waals surface area (Å²) >= 11 is 0. The predicted molar refractivity (Wildman–Crippen MR) is 137 cm³/mol. The van der Waals surface area contributed by atoms with Crippen LogP contribution in [0.3, 0.4) is 0 Å². The summed E-state index contributed by atoms with van der Waals surface area (Å²) in [5, 5.41) is 2.88. The largest absolute Gasteiger partial charge is 0.354 e. The van der Waals surface area contributed by atoms with E-state index in [0.717, 1.165) is 40.1 Å². The molecule has 34 heavy (non-hydrogen) atoms. The molecule has 0 heterocycles. The van der Waals surface area contributed by atoms with E-state index in [1.165, 1.54) is 4.90 Å². The lowest BCUT2D eigenvalue weighted by atomic mass is 10.1. The Bertz CT molecular complexity index is 1050. The highest BCUT2D eigenvalue weighted by molar-refractivity contribution is 7.92. The minimum absolute atomic E-state index is 0.243. The topological polar surface area (TPSA) is 86.8 Å². The molecule has 8 heteroatoms. The molecule has 1 unspecified atom stereocenters. The molecule has 186 valence electrons. The van der Waals surface area contributed by atoms with E-state index in [0.29, 0.717) is 25.2 Å². The molecule has 0 saturated carbocycles. The van der Waals surface area contributed by atoms with Crippen LogP contribution in [0, 0.1) is 13.8 Å². The highest BCUT2D eigenvalue weighted by atomic mass is 32.2. The molecular formula is C26H37N3O4S. The van der Waals surface area contributed by atoms with Crippen LogP contribution in [0.1, 0.15) is 43.4 Å². The molecule has 0 spiro atoms. The van der Waals surface area contributed by atoms with E-state index >= 15 is 0 Å². The van der Waals surface area contributed by atoms with Gasteiger partial charge in [-0.25, -0.2) is 8.42 Å². The second-order valence-corrected chi connectivity index (χ2v) is 10.7. The molecular weight excluding hydrogens is 450 g/mol. The summed E-state index contributed by atoms with van der Waals surface area (Å²) in [4.78, 5) is 27.7. The number of sulfonamides is 1. The van der Waals surface area contributed by atoms with Gasteiger partial charge in [0.25, 0.3) is 0 Å². The van der Waals surface area contributed by atoms with Gasteiger partial charge in [0.05, 0.1) is 11.9 Å². The third-order valence-corrected chi connectivity index (χ3v) is 6.80. The zero-order valence-corrected chi connectivity index (χ0v) is 21.7. The fourth-order valence-corrected chi connectivity index (χ4v) is 4.65. The lowest BCUT2D eigenvalue weighted by Crippen LogP contribution is -2.52. The molecule has 2 amide bonds. The number of unbranched alkanes of at least 4 members (excludes halogenated alkanes) is 1. The van der Waals surface area contributed by atoms with Crippen LogP contribution in [0.15, 0.2) is 48.5 Å². The Balaban J connectivity index is 2.30. The number of carbonyl (C=O) groups excluding carboxylic acids is 2. The Kier molecular flexibility index (Phi) is 10.1. The number of benzene rings is 2. The molecule has 2 aromatic rings. The number of amides is 2. The van der Waals surface area contributed by atoms with Gasteiger partial charge in [0, 0.05) is 13.1 Å². The third kappa shape index (κ3) is 8.17. The molecule has 2 rings (SSSR count). The van der Waals surface area contributed by atoms with Gasteiger partial charge in [-0.2, -0.15) is 0 Å². The highest BCUT2D eigenvalue weighted by Crippen LogP contribution is 2.22. The van der Waals surface area contributed by atoms with Crippen molar-refractivity contribution >= 4 is 27.5 Å². The molecule has 0 aromatic heterocycles. The molecule has 1 atom stereocenters. The molecule has 0 aliphatic carbocycles. The van der Waals surface area contributed by atoms with Gasteiger partial charge in [0.1, 0.15) is 12.6 Å². The number of rotatable bonds is 12. The summed E-state index contributed by atoms with van der Waals surface area (Å²) in [6, 6.07) is 14.4. The standard InChI is InChI=1S/C26H37N3O4S/c1-6-7-14-27-26(31)22(4)28(15-13-23-11-9-8-10-12-23)25(30)19-29(34(5,32)33)24-17-20(2)16-21(3)18-24/h8-12,16-18,22H,6-7,13-15,19H2,1-5H3,(H,27,31). The first-order valence-electron chi connectivity index (χ1n) is 11.7. The van der Waals surface area contributed by atoms with Crippen LogP contribution in [0.4, 0.5) is 5.69 Å². The molecule has 1 N–H and O–H groups in total. The summed E-state index contributed by atoms with van der Waals surface area (Å²) in [6.07, 6.45) is 3.45. The number of nitrogens with one attached hydrogen (secondary N) is 1. The molecule has 0 aliphatic rings. The number of carbonyl (C=O) groups is 2. The van der Waals surface area contributed by atoms with Gasteiger partial charge < -0.3 is 10.2 Å². The summed E-state index contributed by atoms with van der Waals surface area (Å²) < 4.78 is 26.4. The Hall–Kier alpha value is -2.87. The molecule has 0 aliphatic heterocycles. The molecule has 0 bridgehead atoms. The van der Waals surface area contributed by atoms with Crippen LogP contribution in [0.2, 0.25) is 0 Å². The maximum Gasteiger partial charge on any atom is 0.244 e. The van der Waals surface area contributed by atoms with Crippen molar-refractivity contribution in [2.45, 2.75) is 53.0 Å². The fraction of sp³-hybridized carbons (Fsp3) is 0.462. The summed E-state index contributed by atoms with van der Waals surface area (Å²) in [6.45, 7) is 7.96. The molecule has 0 saturated heterocycles. The molecule has 0 radical (unpaired) electrons. The predicted octanol–water partition coefficient (Wildman–Crippen LogP) is 3.45. The third-order valence-electron chi connectivity index (χ3n) is 5.65. The minimum atomic E-state index is -3.73. The first-order valence-corrected chi connectivity index (χ1v) is 13.5. The van der Waals surface area contributed by atoms with Gasteiger partial charge in [-0.05, 0) is 62.4 Å². The van der Waals surface area contributed by atoms with E-state index in [1.54, 1.807) is 19.1 Å². The van der Waals surface area contributed by atoms with Crippen molar-refractivity contribution in [3.8, 4) is 0 Å². The van der Waals surface area contributed by atoms with Crippen molar-refractivity contribution in [3.05, 3.63) is 65.2 Å². The highest BCUT2D eigenvalue weighted by Gasteiger charge is 2.29.